The van der Waals surface area contributed by atoms with E-state index >= 15 is 0 Å². The van der Waals surface area contributed by atoms with Crippen LogP contribution in [-0.2, 0) is 9.47 Å². The average molecular weight is 544 g/mol. The maximum Gasteiger partial charge on any atom is 0.169 e. The Morgan fingerprint density at radius 2 is 1.03 bits per heavy atom. The second-order valence-corrected chi connectivity index (χ2v) is 13.5. The number of fused-ring (bicyclic) bond motifs is 1. The fourth-order valence-electron chi connectivity index (χ4n) is 7.43. The molecule has 3 fully saturated rings. The molecule has 2 heterocycles. The Labute approximate surface area is 243 Å². The van der Waals surface area contributed by atoms with Gasteiger partial charge in [0.1, 0.15) is 12.2 Å². The van der Waals surface area contributed by atoms with Crippen molar-refractivity contribution in [2.45, 2.75) is 180 Å². The minimum Gasteiger partial charge on any atom is -0.343 e. The summed E-state index contributed by atoms with van der Waals surface area (Å²) in [5.74, 6) is -0.257. The molecule has 39 heavy (non-hydrogen) atoms. The van der Waals surface area contributed by atoms with Crippen molar-refractivity contribution in [2.24, 2.45) is 5.41 Å². The van der Waals surface area contributed by atoms with Crippen molar-refractivity contribution in [2.75, 3.05) is 20.1 Å². The maximum atomic E-state index is 6.70. The van der Waals surface area contributed by atoms with E-state index in [2.05, 4.69) is 50.1 Å². The maximum absolute atomic E-state index is 6.70. The molecular formula is C36H65NO2. The minimum absolute atomic E-state index is 0.257. The smallest absolute Gasteiger partial charge is 0.169 e. The van der Waals surface area contributed by atoms with Crippen molar-refractivity contribution in [3.63, 3.8) is 0 Å². The molecular weight excluding hydrogens is 478 g/mol. The molecule has 1 aliphatic carbocycles. The number of likely N-dealkylation sites (N-methyl/N-ethyl adjacent to an activating group) is 1. The number of rotatable bonds is 22. The highest BCUT2D eigenvalue weighted by atomic mass is 16.8. The molecule has 0 aromatic rings. The molecule has 0 aromatic heterocycles. The molecule has 0 N–H and O–H groups in total. The highest BCUT2D eigenvalue weighted by molar-refractivity contribution is 5.01. The van der Waals surface area contributed by atoms with Crippen LogP contribution in [0.2, 0.25) is 0 Å². The third-order valence-corrected chi connectivity index (χ3v) is 9.71. The van der Waals surface area contributed by atoms with E-state index in [0.717, 1.165) is 25.9 Å². The van der Waals surface area contributed by atoms with E-state index in [0.29, 0.717) is 17.6 Å². The van der Waals surface area contributed by atoms with E-state index in [-0.39, 0.29) is 5.79 Å². The molecule has 0 amide bonds. The molecule has 0 aromatic carbocycles. The van der Waals surface area contributed by atoms with Gasteiger partial charge in [-0.2, -0.15) is 0 Å². The van der Waals surface area contributed by atoms with Gasteiger partial charge >= 0.3 is 0 Å². The summed E-state index contributed by atoms with van der Waals surface area (Å²) in [7, 11) is 2.20. The first-order valence-corrected chi connectivity index (χ1v) is 17.4. The standard InChI is InChI=1S/C36H65NO2/c1-4-6-8-10-12-14-16-18-20-22-24-26-35(27-25-23-21-19-17-15-13-11-9-7-5-2)28-29-36(32-35)38-33-30-37(3)31-34(33)39-36/h8-11,33-34H,4-7,12-32H2,1-3H3/b10-8-,11-9-/t33-,34+,36?. The number of nitrogens with zero attached hydrogens (tertiary/aromatic N) is 1. The number of unbranched alkanes of at least 4 members (excludes halogenated alkanes) is 14. The van der Waals surface area contributed by atoms with Crippen molar-refractivity contribution in [3.8, 4) is 0 Å². The summed E-state index contributed by atoms with van der Waals surface area (Å²) in [5, 5.41) is 0. The van der Waals surface area contributed by atoms with Gasteiger partial charge in [0.2, 0.25) is 0 Å². The number of hydrogen-bond donors (Lipinski definition) is 0. The van der Waals surface area contributed by atoms with Crippen molar-refractivity contribution >= 4 is 0 Å². The van der Waals surface area contributed by atoms with E-state index in [1.165, 1.54) is 135 Å². The van der Waals surface area contributed by atoms with Crippen LogP contribution in [0.25, 0.3) is 0 Å². The van der Waals surface area contributed by atoms with Crippen LogP contribution in [0.1, 0.15) is 162 Å². The van der Waals surface area contributed by atoms with E-state index in [4.69, 9.17) is 9.47 Å². The minimum atomic E-state index is -0.257. The Morgan fingerprint density at radius 1 is 0.590 bits per heavy atom. The highest BCUT2D eigenvalue weighted by Gasteiger charge is 2.57. The summed E-state index contributed by atoms with van der Waals surface area (Å²) >= 11 is 0. The van der Waals surface area contributed by atoms with E-state index in [1.807, 2.05) is 0 Å². The molecule has 2 saturated heterocycles. The van der Waals surface area contributed by atoms with Gasteiger partial charge in [0, 0.05) is 25.9 Å². The topological polar surface area (TPSA) is 21.7 Å². The lowest BCUT2D eigenvalue weighted by Crippen LogP contribution is -2.33. The van der Waals surface area contributed by atoms with Crippen molar-refractivity contribution in [1.29, 1.82) is 0 Å². The summed E-state index contributed by atoms with van der Waals surface area (Å²) in [4.78, 5) is 2.37. The largest absolute Gasteiger partial charge is 0.343 e. The highest BCUT2D eigenvalue weighted by Crippen LogP contribution is 2.56. The summed E-state index contributed by atoms with van der Waals surface area (Å²) in [6.07, 6.45) is 40.9. The van der Waals surface area contributed by atoms with Gasteiger partial charge in [-0.15, -0.1) is 0 Å². The zero-order valence-corrected chi connectivity index (χ0v) is 26.4. The first kappa shape index (κ1) is 32.9. The molecule has 3 heteroatoms. The molecule has 0 radical (unpaired) electrons. The van der Waals surface area contributed by atoms with Crippen LogP contribution >= 0.6 is 0 Å². The van der Waals surface area contributed by atoms with Crippen molar-refractivity contribution in [1.82, 2.24) is 4.90 Å². The Bertz CT molecular complexity index is 640. The van der Waals surface area contributed by atoms with Gasteiger partial charge in [-0.1, -0.05) is 115 Å². The number of ether oxygens (including phenoxy) is 2. The second kappa shape index (κ2) is 18.7. The SMILES string of the molecule is CCC/C=C\CCCCCCCCC1(CCCCCCCC/C=C\CCC)CCC2(C1)O[C@H]1CN(C)C[C@H]1O2. The molecule has 1 unspecified atom stereocenters. The zero-order chi connectivity index (χ0) is 27.7. The molecule has 3 nitrogen and oxygen atoms in total. The Morgan fingerprint density at radius 3 is 1.51 bits per heavy atom. The van der Waals surface area contributed by atoms with Gasteiger partial charge in [-0.3, -0.25) is 0 Å². The fraction of sp³-hybridized carbons (Fsp3) is 0.889. The predicted molar refractivity (Wildman–Crippen MR) is 168 cm³/mol. The van der Waals surface area contributed by atoms with Gasteiger partial charge in [-0.25, -0.2) is 0 Å². The Balaban J connectivity index is 1.34. The van der Waals surface area contributed by atoms with Gasteiger partial charge in [0.05, 0.1) is 0 Å². The summed E-state index contributed by atoms with van der Waals surface area (Å²) in [6, 6.07) is 0. The number of allylic oxidation sites excluding steroid dienone is 4. The molecule has 1 saturated carbocycles. The van der Waals surface area contributed by atoms with Crippen LogP contribution in [-0.4, -0.2) is 43.0 Å². The van der Waals surface area contributed by atoms with E-state index < -0.39 is 0 Å². The Hall–Kier alpha value is -0.640. The Kier molecular flexibility index (Phi) is 15.8. The van der Waals surface area contributed by atoms with E-state index in [9.17, 15) is 0 Å². The van der Waals surface area contributed by atoms with Crippen molar-refractivity contribution in [3.05, 3.63) is 24.3 Å². The lowest BCUT2D eigenvalue weighted by atomic mass is 9.76. The van der Waals surface area contributed by atoms with Crippen LogP contribution in [0.5, 0.6) is 0 Å². The average Bonchev–Trinajstić information content (AvgIpc) is 3.56. The van der Waals surface area contributed by atoms with Gasteiger partial charge in [-0.05, 0) is 70.3 Å². The summed E-state index contributed by atoms with van der Waals surface area (Å²) < 4.78 is 13.4. The van der Waals surface area contributed by atoms with E-state index in [1.54, 1.807) is 0 Å². The van der Waals surface area contributed by atoms with Crippen LogP contribution in [0.3, 0.4) is 0 Å². The van der Waals surface area contributed by atoms with Gasteiger partial charge in [0.15, 0.2) is 5.79 Å². The van der Waals surface area contributed by atoms with Crippen LogP contribution < -0.4 is 0 Å². The van der Waals surface area contributed by atoms with Crippen molar-refractivity contribution < 1.29 is 9.47 Å². The normalized spacial score (nSPS) is 26.6. The molecule has 3 rings (SSSR count). The molecule has 0 bridgehead atoms. The molecule has 226 valence electrons. The third kappa shape index (κ3) is 12.0. The zero-order valence-electron chi connectivity index (χ0n) is 26.4. The molecule has 1 spiro atoms. The quantitative estimate of drug-likeness (QED) is 0.100. The van der Waals surface area contributed by atoms with Gasteiger partial charge < -0.3 is 14.4 Å². The molecule has 2 aliphatic heterocycles. The fourth-order valence-corrected chi connectivity index (χ4v) is 7.43. The first-order valence-electron chi connectivity index (χ1n) is 17.4. The lowest BCUT2D eigenvalue weighted by Gasteiger charge is -2.32. The van der Waals surface area contributed by atoms with Gasteiger partial charge in [0.25, 0.3) is 0 Å². The summed E-state index contributed by atoms with van der Waals surface area (Å²) in [5.41, 5.74) is 0.457. The summed E-state index contributed by atoms with van der Waals surface area (Å²) in [6.45, 7) is 6.60. The molecule has 3 atom stereocenters. The first-order chi connectivity index (χ1) is 19.1. The van der Waals surface area contributed by atoms with Crippen LogP contribution in [0.15, 0.2) is 24.3 Å². The van der Waals surface area contributed by atoms with Crippen LogP contribution in [0, 0.1) is 5.41 Å². The number of hydrogen-bond acceptors (Lipinski definition) is 3. The number of likely N-dealkylation sites (tertiary alicyclic amines) is 1. The monoisotopic (exact) mass is 544 g/mol. The molecule has 3 aliphatic rings. The predicted octanol–water partition coefficient (Wildman–Crippen LogP) is 10.5. The van der Waals surface area contributed by atoms with Crippen LogP contribution in [0.4, 0.5) is 0 Å². The second-order valence-electron chi connectivity index (χ2n) is 13.5. The lowest BCUT2D eigenvalue weighted by molar-refractivity contribution is -0.183. The third-order valence-electron chi connectivity index (χ3n) is 9.71.